The van der Waals surface area contributed by atoms with Crippen molar-refractivity contribution >= 4 is 23.2 Å². The molecular weight excluding hydrogens is 291 g/mol. The highest BCUT2D eigenvalue weighted by atomic mass is 35.5. The molecule has 1 unspecified atom stereocenters. The lowest BCUT2D eigenvalue weighted by Crippen LogP contribution is -2.46. The summed E-state index contributed by atoms with van der Waals surface area (Å²) in [5, 5.41) is 10.9. The van der Waals surface area contributed by atoms with E-state index in [0.717, 1.165) is 18.2 Å². The molecule has 2 rings (SSSR count). The van der Waals surface area contributed by atoms with Crippen LogP contribution in [0.2, 0.25) is 0 Å². The van der Waals surface area contributed by atoms with Gasteiger partial charge in [-0.1, -0.05) is 0 Å². The van der Waals surface area contributed by atoms with Crippen LogP contribution in [0.4, 0.5) is 10.1 Å². The van der Waals surface area contributed by atoms with Crippen LogP contribution in [0.1, 0.15) is 10.4 Å². The summed E-state index contributed by atoms with van der Waals surface area (Å²) in [6, 6.07) is 2.90. The van der Waals surface area contributed by atoms with E-state index in [2.05, 4.69) is 0 Å². The lowest BCUT2D eigenvalue weighted by Gasteiger charge is -2.31. The summed E-state index contributed by atoms with van der Waals surface area (Å²) in [7, 11) is 0. The predicted octanol–water partition coefficient (Wildman–Crippen LogP) is 1.81. The average molecular weight is 303 g/mol. The number of alkyl halides is 1. The first-order valence-corrected chi connectivity index (χ1v) is 6.47. The number of nitro groups is 1. The van der Waals surface area contributed by atoms with Gasteiger partial charge in [0.2, 0.25) is 0 Å². The average Bonchev–Trinajstić information content (AvgIpc) is 2.46. The van der Waals surface area contributed by atoms with Gasteiger partial charge in [-0.2, -0.15) is 0 Å². The number of carbonyl (C=O) groups is 1. The van der Waals surface area contributed by atoms with E-state index in [4.69, 9.17) is 16.3 Å². The molecule has 0 aromatic heterocycles. The van der Waals surface area contributed by atoms with Gasteiger partial charge in [0.1, 0.15) is 11.4 Å². The van der Waals surface area contributed by atoms with E-state index in [1.807, 2.05) is 0 Å². The standard InChI is InChI=1S/C12H12ClFN2O4/c13-6-9-7-15(3-4-20-9)12(17)10-2-1-8(14)5-11(10)16(18)19/h1-2,5,9H,3-4,6-7H2. The van der Waals surface area contributed by atoms with Crippen molar-refractivity contribution in [2.75, 3.05) is 25.6 Å². The maximum Gasteiger partial charge on any atom is 0.285 e. The first kappa shape index (κ1) is 14.7. The first-order chi connectivity index (χ1) is 9.52. The number of nitro benzene ring substituents is 1. The Morgan fingerprint density at radius 2 is 2.35 bits per heavy atom. The number of carbonyl (C=O) groups excluding carboxylic acids is 1. The first-order valence-electron chi connectivity index (χ1n) is 5.93. The Balaban J connectivity index is 2.27. The van der Waals surface area contributed by atoms with Crippen molar-refractivity contribution < 1.29 is 18.8 Å². The normalized spacial score (nSPS) is 18.9. The fourth-order valence-electron chi connectivity index (χ4n) is 2.00. The molecular formula is C12H12ClFN2O4. The second-order valence-electron chi connectivity index (χ2n) is 4.32. The quantitative estimate of drug-likeness (QED) is 0.485. The number of amides is 1. The van der Waals surface area contributed by atoms with E-state index in [1.54, 1.807) is 0 Å². The summed E-state index contributed by atoms with van der Waals surface area (Å²) >= 11 is 5.68. The number of hydrogen-bond acceptors (Lipinski definition) is 4. The SMILES string of the molecule is O=C(c1ccc(F)cc1[N+](=O)[O-])N1CCOC(CCl)C1. The van der Waals surface area contributed by atoms with E-state index in [1.165, 1.54) is 4.90 Å². The summed E-state index contributed by atoms with van der Waals surface area (Å²) in [5.41, 5.74) is -0.671. The van der Waals surface area contributed by atoms with Crippen molar-refractivity contribution in [3.8, 4) is 0 Å². The molecule has 0 spiro atoms. The van der Waals surface area contributed by atoms with Crippen LogP contribution in [0.25, 0.3) is 0 Å². The van der Waals surface area contributed by atoms with Crippen LogP contribution in [0.5, 0.6) is 0 Å². The van der Waals surface area contributed by atoms with E-state index in [9.17, 15) is 19.3 Å². The molecule has 20 heavy (non-hydrogen) atoms. The molecule has 6 nitrogen and oxygen atoms in total. The van der Waals surface area contributed by atoms with Crippen LogP contribution in [-0.2, 0) is 4.74 Å². The zero-order chi connectivity index (χ0) is 14.7. The third-order valence-electron chi connectivity index (χ3n) is 2.98. The van der Waals surface area contributed by atoms with Crippen LogP contribution >= 0.6 is 11.6 Å². The molecule has 1 atom stereocenters. The van der Waals surface area contributed by atoms with Crippen LogP contribution in [0, 0.1) is 15.9 Å². The van der Waals surface area contributed by atoms with E-state index in [0.29, 0.717) is 13.2 Å². The Morgan fingerprint density at radius 1 is 1.60 bits per heavy atom. The van der Waals surface area contributed by atoms with Crippen molar-refractivity contribution in [3.05, 3.63) is 39.7 Å². The summed E-state index contributed by atoms with van der Waals surface area (Å²) in [4.78, 5) is 23.9. The minimum absolute atomic E-state index is 0.133. The number of morpholine rings is 1. The number of benzene rings is 1. The Hall–Kier alpha value is -1.73. The number of nitrogens with zero attached hydrogens (tertiary/aromatic N) is 2. The molecule has 0 N–H and O–H groups in total. The minimum Gasteiger partial charge on any atom is -0.373 e. The lowest BCUT2D eigenvalue weighted by molar-refractivity contribution is -0.385. The Kier molecular flexibility index (Phi) is 4.51. The van der Waals surface area contributed by atoms with E-state index >= 15 is 0 Å². The molecule has 1 amide bonds. The third-order valence-corrected chi connectivity index (χ3v) is 3.33. The van der Waals surface area contributed by atoms with Gasteiger partial charge < -0.3 is 9.64 Å². The Morgan fingerprint density at radius 3 is 3.00 bits per heavy atom. The van der Waals surface area contributed by atoms with E-state index in [-0.39, 0.29) is 24.1 Å². The van der Waals surface area contributed by atoms with Gasteiger partial charge in [0.15, 0.2) is 0 Å². The highest BCUT2D eigenvalue weighted by Crippen LogP contribution is 2.22. The number of rotatable bonds is 3. The van der Waals surface area contributed by atoms with Crippen LogP contribution in [-0.4, -0.2) is 47.4 Å². The molecule has 1 aliphatic heterocycles. The summed E-state index contributed by atoms with van der Waals surface area (Å²) in [5.74, 6) is -1.04. The highest BCUT2D eigenvalue weighted by Gasteiger charge is 2.29. The molecule has 1 heterocycles. The molecule has 8 heteroatoms. The maximum absolute atomic E-state index is 13.1. The molecule has 0 saturated carbocycles. The van der Waals surface area contributed by atoms with Gasteiger partial charge in [-0.25, -0.2) is 4.39 Å². The third kappa shape index (κ3) is 3.05. The van der Waals surface area contributed by atoms with Gasteiger partial charge in [0.05, 0.1) is 29.6 Å². The minimum atomic E-state index is -0.768. The molecule has 1 saturated heterocycles. The van der Waals surface area contributed by atoms with Crippen molar-refractivity contribution in [3.63, 3.8) is 0 Å². The second kappa shape index (κ2) is 6.15. The summed E-state index contributed by atoms with van der Waals surface area (Å²) in [6.45, 7) is 0.899. The van der Waals surface area contributed by atoms with Crippen molar-refractivity contribution in [1.29, 1.82) is 0 Å². The molecule has 0 radical (unpaired) electrons. The van der Waals surface area contributed by atoms with Crippen molar-refractivity contribution in [1.82, 2.24) is 4.90 Å². The summed E-state index contributed by atoms with van der Waals surface area (Å²) in [6.07, 6.45) is -0.297. The van der Waals surface area contributed by atoms with Gasteiger partial charge in [0.25, 0.3) is 11.6 Å². The Labute approximate surface area is 119 Å². The van der Waals surface area contributed by atoms with Crippen LogP contribution < -0.4 is 0 Å². The van der Waals surface area contributed by atoms with Crippen molar-refractivity contribution in [2.24, 2.45) is 0 Å². The number of hydrogen-bond donors (Lipinski definition) is 0. The fourth-order valence-corrected chi connectivity index (χ4v) is 2.19. The van der Waals surface area contributed by atoms with Gasteiger partial charge in [0, 0.05) is 13.1 Å². The van der Waals surface area contributed by atoms with Gasteiger partial charge in [-0.15, -0.1) is 11.6 Å². The summed E-state index contributed by atoms with van der Waals surface area (Å²) < 4.78 is 18.4. The van der Waals surface area contributed by atoms with Gasteiger partial charge in [-0.05, 0) is 12.1 Å². The number of halogens is 2. The molecule has 1 aliphatic rings. The molecule has 108 valence electrons. The van der Waals surface area contributed by atoms with E-state index < -0.39 is 22.3 Å². The zero-order valence-electron chi connectivity index (χ0n) is 10.4. The smallest absolute Gasteiger partial charge is 0.285 e. The van der Waals surface area contributed by atoms with Crippen LogP contribution in [0.3, 0.4) is 0 Å². The zero-order valence-corrected chi connectivity index (χ0v) is 11.2. The largest absolute Gasteiger partial charge is 0.373 e. The highest BCUT2D eigenvalue weighted by molar-refractivity contribution is 6.18. The van der Waals surface area contributed by atoms with Gasteiger partial charge >= 0.3 is 0 Å². The maximum atomic E-state index is 13.1. The molecule has 1 aromatic rings. The monoisotopic (exact) mass is 302 g/mol. The molecule has 1 fully saturated rings. The molecule has 0 bridgehead atoms. The Bertz CT molecular complexity index is 540. The lowest BCUT2D eigenvalue weighted by atomic mass is 10.1. The van der Waals surface area contributed by atoms with Crippen LogP contribution in [0.15, 0.2) is 18.2 Å². The topological polar surface area (TPSA) is 72.7 Å². The predicted molar refractivity (Wildman–Crippen MR) is 69.4 cm³/mol. The van der Waals surface area contributed by atoms with Crippen molar-refractivity contribution in [2.45, 2.75) is 6.10 Å². The second-order valence-corrected chi connectivity index (χ2v) is 4.63. The number of ether oxygens (including phenoxy) is 1. The molecule has 0 aliphatic carbocycles. The fraction of sp³-hybridized carbons (Fsp3) is 0.417. The van der Waals surface area contributed by atoms with Gasteiger partial charge in [-0.3, -0.25) is 14.9 Å². The molecule has 1 aromatic carbocycles.